The van der Waals surface area contributed by atoms with Crippen LogP contribution in [0.15, 0.2) is 273 Å². The molecule has 6 nitrogen and oxygen atoms in total. The lowest BCUT2D eigenvalue weighted by Gasteiger charge is -2.42. The Morgan fingerprint density at radius 3 is 1.13 bits per heavy atom. The zero-order valence-electron chi connectivity index (χ0n) is 38.6. The Balaban J connectivity index is 1.13. The summed E-state index contributed by atoms with van der Waals surface area (Å²) in [6.45, 7) is 0. The molecule has 71 heavy (non-hydrogen) atoms. The van der Waals surface area contributed by atoms with E-state index in [-0.39, 0.29) is 0 Å². The molecule has 0 saturated carbocycles. The first-order valence-electron chi connectivity index (χ1n) is 24.0. The third kappa shape index (κ3) is 6.99. The average molecular weight is 944 g/mol. The smallest absolute Gasteiger partial charge is 0.320 e. The highest BCUT2D eigenvalue weighted by Gasteiger charge is 2.55. The molecule has 0 spiro atoms. The average Bonchev–Trinajstić information content (AvgIpc) is 3.97. The van der Waals surface area contributed by atoms with E-state index in [4.69, 9.17) is 19.1 Å². The molecule has 0 bridgehead atoms. The minimum atomic E-state index is -3.87. The summed E-state index contributed by atoms with van der Waals surface area (Å²) in [6.07, 6.45) is 0. The topological polar surface area (TPSA) is 57.8 Å². The van der Waals surface area contributed by atoms with Crippen molar-refractivity contribution in [2.24, 2.45) is 0 Å². The first-order valence-corrected chi connectivity index (χ1v) is 27.8. The monoisotopic (exact) mass is 943 g/mol. The van der Waals surface area contributed by atoms with Crippen LogP contribution in [0.4, 0.5) is 0 Å². The standard InChI is InChI=1S/C63H45N5OSi2/c1-7-25-46(26-8-1)61-64-62(68-59-42-24-21-39-55(59)56-45-47(43-44-60(56)68)67-57-40-22-19-37-53(57)54-38-20-23-41-58(54)67)66-63(65-61)71(51-33-15-5-16-34-51,52-35-17-6-18-36-52)69-70(48-27-9-2-10-28-48,49-29-11-3-12-30-49)50-31-13-4-14-32-50/h1-45H. The number of rotatable bonds is 11. The van der Waals surface area contributed by atoms with Crippen molar-refractivity contribution in [1.82, 2.24) is 24.1 Å². The highest BCUT2D eigenvalue weighted by atomic mass is 28.4. The van der Waals surface area contributed by atoms with Gasteiger partial charge in [-0.1, -0.05) is 237 Å². The lowest BCUT2D eigenvalue weighted by Crippen LogP contribution is -2.81. The molecule has 336 valence electrons. The summed E-state index contributed by atoms with van der Waals surface area (Å²) in [6, 6.07) is 96.9. The second kappa shape index (κ2) is 17.6. The third-order valence-electron chi connectivity index (χ3n) is 13.9. The van der Waals surface area contributed by atoms with Gasteiger partial charge in [-0.05, 0) is 62.3 Å². The van der Waals surface area contributed by atoms with Crippen molar-refractivity contribution in [3.05, 3.63) is 273 Å². The van der Waals surface area contributed by atoms with E-state index in [0.29, 0.717) is 17.2 Å². The maximum atomic E-state index is 8.72. The zero-order chi connectivity index (χ0) is 47.2. The van der Waals surface area contributed by atoms with Crippen molar-refractivity contribution >= 4 is 91.6 Å². The Hall–Kier alpha value is -8.80. The maximum absolute atomic E-state index is 8.72. The van der Waals surface area contributed by atoms with Crippen LogP contribution in [0.3, 0.4) is 0 Å². The Morgan fingerprint density at radius 1 is 0.296 bits per heavy atom. The van der Waals surface area contributed by atoms with Crippen LogP contribution in [-0.2, 0) is 4.12 Å². The Morgan fingerprint density at radius 2 is 0.662 bits per heavy atom. The van der Waals surface area contributed by atoms with Gasteiger partial charge in [-0.15, -0.1) is 0 Å². The van der Waals surface area contributed by atoms with Gasteiger partial charge >= 0.3 is 8.32 Å². The Bertz CT molecular complexity index is 3830. The summed E-state index contributed by atoms with van der Waals surface area (Å²) in [5, 5.41) is 10.1. The largest absolute Gasteiger partial charge is 0.433 e. The van der Waals surface area contributed by atoms with Crippen molar-refractivity contribution in [2.45, 2.75) is 0 Å². The number of fused-ring (bicyclic) bond motifs is 6. The van der Waals surface area contributed by atoms with Gasteiger partial charge in [0.2, 0.25) is 5.95 Å². The first-order chi connectivity index (χ1) is 35.2. The van der Waals surface area contributed by atoms with Gasteiger partial charge in [0, 0.05) is 32.8 Å². The van der Waals surface area contributed by atoms with E-state index in [2.05, 4.69) is 264 Å². The summed E-state index contributed by atoms with van der Waals surface area (Å²) in [5.74, 6) is 1.08. The number of aromatic nitrogens is 5. The molecule has 13 rings (SSSR count). The van der Waals surface area contributed by atoms with E-state index >= 15 is 0 Å². The fraction of sp³-hybridized carbons (Fsp3) is 0. The van der Waals surface area contributed by atoms with Crippen molar-refractivity contribution in [2.75, 3.05) is 0 Å². The molecule has 3 aromatic heterocycles. The van der Waals surface area contributed by atoms with Gasteiger partial charge in [0.15, 0.2) is 11.3 Å². The summed E-state index contributed by atoms with van der Waals surface area (Å²) in [7, 11) is -7.36. The fourth-order valence-electron chi connectivity index (χ4n) is 10.7. The molecular weight excluding hydrogens is 899 g/mol. The second-order valence-corrected chi connectivity index (χ2v) is 24.7. The van der Waals surface area contributed by atoms with E-state index in [1.165, 1.54) is 10.8 Å². The molecule has 10 aromatic carbocycles. The maximum Gasteiger partial charge on any atom is 0.320 e. The summed E-state index contributed by atoms with van der Waals surface area (Å²) < 4.78 is 13.3. The minimum Gasteiger partial charge on any atom is -0.433 e. The van der Waals surface area contributed by atoms with Crippen LogP contribution in [0.1, 0.15) is 0 Å². The van der Waals surface area contributed by atoms with Crippen LogP contribution in [-0.4, -0.2) is 40.7 Å². The summed E-state index contributed by atoms with van der Waals surface area (Å²) in [5.41, 5.74) is 6.87. The molecule has 0 aliphatic carbocycles. The fourth-order valence-corrected chi connectivity index (χ4v) is 21.0. The van der Waals surface area contributed by atoms with Crippen molar-refractivity contribution in [3.63, 3.8) is 0 Å². The molecule has 0 aliphatic heterocycles. The van der Waals surface area contributed by atoms with Gasteiger partial charge in [0.25, 0.3) is 8.32 Å². The molecule has 0 aliphatic rings. The molecule has 0 radical (unpaired) electrons. The molecular formula is C63H45N5OSi2. The van der Waals surface area contributed by atoms with E-state index < -0.39 is 16.6 Å². The van der Waals surface area contributed by atoms with Gasteiger partial charge in [0.05, 0.1) is 22.1 Å². The summed E-state index contributed by atoms with van der Waals surface area (Å²) >= 11 is 0. The predicted molar refractivity (Wildman–Crippen MR) is 297 cm³/mol. The van der Waals surface area contributed by atoms with Crippen molar-refractivity contribution < 1.29 is 4.12 Å². The van der Waals surface area contributed by atoms with Crippen LogP contribution in [0, 0.1) is 0 Å². The molecule has 0 saturated heterocycles. The number of benzene rings is 10. The Labute approximate surface area is 413 Å². The lowest BCUT2D eigenvalue weighted by molar-refractivity contribution is 0.596. The van der Waals surface area contributed by atoms with Gasteiger partial charge in [-0.25, -0.2) is 4.98 Å². The van der Waals surface area contributed by atoms with E-state index in [1.54, 1.807) is 0 Å². The van der Waals surface area contributed by atoms with E-state index in [0.717, 1.165) is 70.0 Å². The van der Waals surface area contributed by atoms with Gasteiger partial charge in [-0.3, -0.25) is 4.57 Å². The molecule has 0 atom stereocenters. The number of hydrogen-bond donors (Lipinski definition) is 0. The van der Waals surface area contributed by atoms with Crippen LogP contribution in [0.2, 0.25) is 0 Å². The van der Waals surface area contributed by atoms with Gasteiger partial charge in [0.1, 0.15) is 0 Å². The SMILES string of the molecule is c1ccc(-c2nc(-n3c4ccccc4c4cc(-n5c6ccccc6c6ccccc65)ccc43)nc([Si](O[Si](c3ccccc3)(c3ccccc3)c3ccccc3)(c3ccccc3)c3ccccc3)n2)cc1. The van der Waals surface area contributed by atoms with Gasteiger partial charge in [-0.2, -0.15) is 9.97 Å². The molecule has 0 fully saturated rings. The van der Waals surface area contributed by atoms with Crippen LogP contribution in [0.25, 0.3) is 66.6 Å². The number of para-hydroxylation sites is 3. The zero-order valence-corrected chi connectivity index (χ0v) is 40.6. The van der Waals surface area contributed by atoms with Crippen LogP contribution < -0.4 is 31.4 Å². The normalized spacial score (nSPS) is 12.0. The van der Waals surface area contributed by atoms with E-state index in [9.17, 15) is 0 Å². The highest BCUT2D eigenvalue weighted by Crippen LogP contribution is 2.37. The predicted octanol–water partition coefficient (Wildman–Crippen LogP) is 10.4. The first kappa shape index (κ1) is 42.3. The number of nitrogens with zero attached hydrogens (tertiary/aromatic N) is 5. The van der Waals surface area contributed by atoms with Crippen molar-refractivity contribution in [3.8, 4) is 23.0 Å². The molecule has 0 unspecified atom stereocenters. The van der Waals surface area contributed by atoms with Gasteiger partial charge < -0.3 is 8.68 Å². The third-order valence-corrected chi connectivity index (χ3v) is 22.9. The molecule has 0 amide bonds. The molecule has 8 heteroatoms. The lowest BCUT2D eigenvalue weighted by atomic mass is 10.1. The second-order valence-electron chi connectivity index (χ2n) is 17.9. The molecule has 3 heterocycles. The molecule has 0 N–H and O–H groups in total. The van der Waals surface area contributed by atoms with Crippen molar-refractivity contribution in [1.29, 1.82) is 0 Å². The van der Waals surface area contributed by atoms with Crippen LogP contribution >= 0.6 is 0 Å². The van der Waals surface area contributed by atoms with E-state index in [1.807, 2.05) is 18.2 Å². The number of hydrogen-bond acceptors (Lipinski definition) is 4. The van der Waals surface area contributed by atoms with Crippen LogP contribution in [0.5, 0.6) is 0 Å². The highest BCUT2D eigenvalue weighted by molar-refractivity contribution is 7.17. The minimum absolute atomic E-state index is 0.517. The Kier molecular flexibility index (Phi) is 10.5. The summed E-state index contributed by atoms with van der Waals surface area (Å²) in [4.78, 5) is 17.0. The quantitative estimate of drug-likeness (QED) is 0.0958. The molecule has 13 aromatic rings.